The summed E-state index contributed by atoms with van der Waals surface area (Å²) in [5.74, 6) is 0.340. The number of ketones is 1. The normalized spacial score (nSPS) is 12.1. The number of carbonyl (C=O) groups excluding carboxylic acids is 1. The molecular formula is C33H32F3NO5S. The molecule has 4 aromatic rings. The molecule has 0 spiro atoms. The number of nitrogens with one attached hydrogen (secondary N) is 1. The number of hydrogen-bond acceptors (Lipinski definition) is 5. The van der Waals surface area contributed by atoms with Gasteiger partial charge < -0.3 is 9.47 Å². The standard InChI is InChI=1S/C33H32F3NO5S/c1-5-22-10-12-23(13-11-22)31(38)24-14-16-27(17-15-24)41-28-18-19-29(42-32(3,4)6-2)30(21-28)43(39,40)37-26-9-7-8-25(20-26)33(34,35)36/h7-21,37H,5-6H2,1-4H3. The van der Waals surface area contributed by atoms with Gasteiger partial charge in [-0.05, 0) is 86.8 Å². The first kappa shape index (κ1) is 31.6. The van der Waals surface area contributed by atoms with Gasteiger partial charge in [0.05, 0.1) is 5.56 Å². The summed E-state index contributed by atoms with van der Waals surface area (Å²) < 4.78 is 80.8. The van der Waals surface area contributed by atoms with Crippen LogP contribution < -0.4 is 14.2 Å². The first-order valence-electron chi connectivity index (χ1n) is 13.7. The lowest BCUT2D eigenvalue weighted by molar-refractivity contribution is -0.137. The molecule has 0 saturated heterocycles. The highest BCUT2D eigenvalue weighted by Crippen LogP contribution is 2.36. The predicted octanol–water partition coefficient (Wildman–Crippen LogP) is 8.66. The molecule has 0 aliphatic heterocycles. The highest BCUT2D eigenvalue weighted by Gasteiger charge is 2.31. The summed E-state index contributed by atoms with van der Waals surface area (Å²) in [5.41, 5.74) is 0.151. The van der Waals surface area contributed by atoms with Crippen LogP contribution in [-0.2, 0) is 22.6 Å². The topological polar surface area (TPSA) is 81.7 Å². The maximum absolute atomic E-state index is 13.5. The number of sulfonamides is 1. The van der Waals surface area contributed by atoms with Gasteiger partial charge in [0.25, 0.3) is 10.0 Å². The van der Waals surface area contributed by atoms with E-state index < -0.39 is 27.4 Å². The zero-order valence-corrected chi connectivity index (χ0v) is 25.0. The monoisotopic (exact) mass is 611 g/mol. The zero-order chi connectivity index (χ0) is 31.4. The van der Waals surface area contributed by atoms with Crippen LogP contribution in [0.3, 0.4) is 0 Å². The van der Waals surface area contributed by atoms with Crippen molar-refractivity contribution in [2.24, 2.45) is 0 Å². The Hall–Kier alpha value is -4.31. The number of ether oxygens (including phenoxy) is 2. The van der Waals surface area contributed by atoms with E-state index in [9.17, 15) is 26.4 Å². The summed E-state index contributed by atoms with van der Waals surface area (Å²) in [4.78, 5) is 12.6. The summed E-state index contributed by atoms with van der Waals surface area (Å²) in [6.45, 7) is 7.48. The minimum absolute atomic E-state index is 0.00807. The number of benzene rings is 4. The average molecular weight is 612 g/mol. The van der Waals surface area contributed by atoms with Crippen molar-refractivity contribution in [1.29, 1.82) is 0 Å². The van der Waals surface area contributed by atoms with Gasteiger partial charge in [0.1, 0.15) is 27.7 Å². The van der Waals surface area contributed by atoms with E-state index in [2.05, 4.69) is 4.72 Å². The third-order valence-corrected chi connectivity index (χ3v) is 8.26. The van der Waals surface area contributed by atoms with Gasteiger partial charge in [-0.1, -0.05) is 44.2 Å². The van der Waals surface area contributed by atoms with E-state index in [0.717, 1.165) is 30.2 Å². The second-order valence-electron chi connectivity index (χ2n) is 10.5. The Morgan fingerprint density at radius 1 is 0.814 bits per heavy atom. The zero-order valence-electron chi connectivity index (χ0n) is 24.2. The molecule has 4 aromatic carbocycles. The van der Waals surface area contributed by atoms with Crippen LogP contribution in [0, 0.1) is 0 Å². The second kappa shape index (κ2) is 12.5. The molecule has 0 heterocycles. The van der Waals surface area contributed by atoms with Gasteiger partial charge in [-0.25, -0.2) is 8.42 Å². The number of hydrogen-bond donors (Lipinski definition) is 1. The lowest BCUT2D eigenvalue weighted by Crippen LogP contribution is -2.28. The molecule has 0 atom stereocenters. The van der Waals surface area contributed by atoms with E-state index in [-0.39, 0.29) is 27.9 Å². The molecule has 10 heteroatoms. The van der Waals surface area contributed by atoms with Crippen LogP contribution in [0.5, 0.6) is 17.2 Å². The molecule has 0 radical (unpaired) electrons. The molecule has 0 saturated carbocycles. The Balaban J connectivity index is 1.62. The van der Waals surface area contributed by atoms with Crippen LogP contribution in [0.2, 0.25) is 0 Å². The number of rotatable bonds is 11. The highest BCUT2D eigenvalue weighted by atomic mass is 32.2. The van der Waals surface area contributed by atoms with Crippen LogP contribution in [0.1, 0.15) is 61.2 Å². The number of aryl methyl sites for hydroxylation is 1. The molecule has 0 unspecified atom stereocenters. The van der Waals surface area contributed by atoms with Gasteiger partial charge in [-0.3, -0.25) is 9.52 Å². The molecular weight excluding hydrogens is 579 g/mol. The van der Waals surface area contributed by atoms with Gasteiger partial charge in [0, 0.05) is 22.9 Å². The maximum atomic E-state index is 13.5. The third-order valence-electron chi connectivity index (χ3n) is 6.86. The Kier molecular flexibility index (Phi) is 9.20. The van der Waals surface area contributed by atoms with Gasteiger partial charge in [0.15, 0.2) is 5.78 Å². The summed E-state index contributed by atoms with van der Waals surface area (Å²) in [6.07, 6.45) is -3.22. The minimum Gasteiger partial charge on any atom is -0.486 e. The van der Waals surface area contributed by atoms with Crippen LogP contribution in [0.15, 0.2) is 95.9 Å². The largest absolute Gasteiger partial charge is 0.486 e. The van der Waals surface area contributed by atoms with Crippen molar-refractivity contribution >= 4 is 21.5 Å². The molecule has 6 nitrogen and oxygen atoms in total. The van der Waals surface area contributed by atoms with Crippen molar-refractivity contribution < 1.29 is 35.9 Å². The Morgan fingerprint density at radius 3 is 2.00 bits per heavy atom. The quantitative estimate of drug-likeness (QED) is 0.172. The van der Waals surface area contributed by atoms with Crippen LogP contribution >= 0.6 is 0 Å². The minimum atomic E-state index is -4.64. The smallest absolute Gasteiger partial charge is 0.416 e. The average Bonchev–Trinajstić information content (AvgIpc) is 2.97. The van der Waals surface area contributed by atoms with E-state index in [4.69, 9.17) is 9.47 Å². The molecule has 0 amide bonds. The first-order chi connectivity index (χ1) is 20.2. The molecule has 4 rings (SSSR count). The lowest BCUT2D eigenvalue weighted by Gasteiger charge is -2.26. The van der Waals surface area contributed by atoms with E-state index in [1.165, 1.54) is 24.3 Å². The highest BCUT2D eigenvalue weighted by molar-refractivity contribution is 7.92. The van der Waals surface area contributed by atoms with Crippen molar-refractivity contribution in [1.82, 2.24) is 0 Å². The summed E-state index contributed by atoms with van der Waals surface area (Å²) in [5, 5.41) is 0. The Bertz CT molecular complexity index is 1700. The SMILES string of the molecule is CCc1ccc(C(=O)c2ccc(Oc3ccc(OC(C)(C)CC)c(S(=O)(=O)Nc4cccc(C(F)(F)F)c4)c3)cc2)cc1. The number of carbonyl (C=O) groups is 1. The number of halogens is 3. The summed E-state index contributed by atoms with van der Waals surface area (Å²) in [6, 6.07) is 21.9. The van der Waals surface area contributed by atoms with Crippen molar-refractivity contribution in [2.45, 2.75) is 57.2 Å². The van der Waals surface area contributed by atoms with Gasteiger partial charge in [-0.15, -0.1) is 0 Å². The van der Waals surface area contributed by atoms with Crippen molar-refractivity contribution in [2.75, 3.05) is 4.72 Å². The van der Waals surface area contributed by atoms with E-state index in [1.807, 2.05) is 26.0 Å². The Morgan fingerprint density at radius 2 is 1.42 bits per heavy atom. The molecule has 1 N–H and O–H groups in total. The molecule has 0 aliphatic carbocycles. The summed E-state index contributed by atoms with van der Waals surface area (Å²) >= 11 is 0. The molecule has 43 heavy (non-hydrogen) atoms. The van der Waals surface area contributed by atoms with E-state index in [1.54, 1.807) is 50.2 Å². The lowest BCUT2D eigenvalue weighted by atomic mass is 10.0. The van der Waals surface area contributed by atoms with E-state index >= 15 is 0 Å². The van der Waals surface area contributed by atoms with Crippen molar-refractivity contribution in [3.8, 4) is 17.2 Å². The van der Waals surface area contributed by atoms with Gasteiger partial charge >= 0.3 is 6.18 Å². The fourth-order valence-electron chi connectivity index (χ4n) is 4.05. The predicted molar refractivity (Wildman–Crippen MR) is 159 cm³/mol. The van der Waals surface area contributed by atoms with Crippen molar-refractivity contribution in [3.05, 3.63) is 113 Å². The van der Waals surface area contributed by atoms with Crippen LogP contribution in [0.25, 0.3) is 0 Å². The maximum Gasteiger partial charge on any atom is 0.416 e. The molecule has 0 aliphatic rings. The fourth-order valence-corrected chi connectivity index (χ4v) is 5.25. The third kappa shape index (κ3) is 7.95. The Labute approximate surface area is 249 Å². The number of alkyl halides is 3. The molecule has 0 fully saturated rings. The number of anilines is 1. The van der Waals surface area contributed by atoms with Crippen molar-refractivity contribution in [3.63, 3.8) is 0 Å². The fraction of sp³-hybridized carbons (Fsp3) is 0.242. The second-order valence-corrected chi connectivity index (χ2v) is 12.2. The molecule has 0 aromatic heterocycles. The van der Waals surface area contributed by atoms with E-state index in [0.29, 0.717) is 23.3 Å². The molecule has 226 valence electrons. The first-order valence-corrected chi connectivity index (χ1v) is 15.1. The summed E-state index contributed by atoms with van der Waals surface area (Å²) in [7, 11) is -4.42. The van der Waals surface area contributed by atoms with Gasteiger partial charge in [-0.2, -0.15) is 13.2 Å². The van der Waals surface area contributed by atoms with Crippen LogP contribution in [0.4, 0.5) is 18.9 Å². The van der Waals surface area contributed by atoms with Gasteiger partial charge in [0.2, 0.25) is 0 Å². The molecule has 0 bridgehead atoms. The van der Waals surface area contributed by atoms with Crippen LogP contribution in [-0.4, -0.2) is 19.8 Å².